The van der Waals surface area contributed by atoms with Gasteiger partial charge in [0.25, 0.3) is 0 Å². The van der Waals surface area contributed by atoms with Gasteiger partial charge in [0.15, 0.2) is 0 Å². The van der Waals surface area contributed by atoms with Crippen molar-refractivity contribution in [3.63, 3.8) is 0 Å². The second-order valence-electron chi connectivity index (χ2n) is 2.85. The van der Waals surface area contributed by atoms with Crippen LogP contribution in [-0.4, -0.2) is 11.9 Å². The molecule has 0 saturated carbocycles. The van der Waals surface area contributed by atoms with Gasteiger partial charge in [-0.1, -0.05) is 18.2 Å². The zero-order valence-electron chi connectivity index (χ0n) is 7.75. The number of amides is 1. The molecular weight excluding hydrogens is 186 g/mol. The van der Waals surface area contributed by atoms with Crippen LogP contribution >= 0.6 is 11.6 Å². The number of aryl methyl sites for hydroxylation is 1. The number of carbonyl (C=O) groups is 1. The minimum Gasteiger partial charge on any atom is -0.298 e. The summed E-state index contributed by atoms with van der Waals surface area (Å²) in [6.45, 7) is 3.46. The average molecular weight is 198 g/mol. The van der Waals surface area contributed by atoms with Crippen molar-refractivity contribution in [3.8, 4) is 0 Å². The van der Waals surface area contributed by atoms with Gasteiger partial charge in [-0.25, -0.2) is 0 Å². The molecule has 3 heteroatoms. The molecular formula is C10H12ClNO. The van der Waals surface area contributed by atoms with Gasteiger partial charge >= 0.3 is 0 Å². The van der Waals surface area contributed by atoms with E-state index < -0.39 is 0 Å². The highest BCUT2D eigenvalue weighted by Crippen LogP contribution is 2.19. The fraction of sp³-hybridized carbons (Fsp3) is 0.300. The molecule has 0 aliphatic carbocycles. The smallest absolute Gasteiger partial charge is 0.224 e. The third-order valence-corrected chi connectivity index (χ3v) is 2.14. The van der Waals surface area contributed by atoms with E-state index in [9.17, 15) is 4.79 Å². The maximum atomic E-state index is 11.2. The zero-order valence-corrected chi connectivity index (χ0v) is 8.51. The Kier molecular flexibility index (Phi) is 3.32. The lowest BCUT2D eigenvalue weighted by Gasteiger charge is -2.19. The van der Waals surface area contributed by atoms with E-state index in [1.54, 1.807) is 0 Å². The number of nitrogens with zero attached hydrogens (tertiary/aromatic N) is 1. The zero-order chi connectivity index (χ0) is 9.84. The number of carbonyl (C=O) groups excluding carboxylic acids is 1. The van der Waals surface area contributed by atoms with E-state index in [0.29, 0.717) is 0 Å². The Labute approximate surface area is 83.1 Å². The van der Waals surface area contributed by atoms with Crippen LogP contribution in [0, 0.1) is 6.92 Å². The molecule has 13 heavy (non-hydrogen) atoms. The molecule has 70 valence electrons. The third kappa shape index (κ3) is 2.22. The molecule has 0 aromatic heterocycles. The second kappa shape index (κ2) is 4.28. The van der Waals surface area contributed by atoms with E-state index in [-0.39, 0.29) is 11.9 Å². The van der Waals surface area contributed by atoms with Crippen LogP contribution in [0.1, 0.15) is 12.5 Å². The van der Waals surface area contributed by atoms with Crippen LogP contribution in [-0.2, 0) is 4.79 Å². The minimum absolute atomic E-state index is 0.0377. The first-order chi connectivity index (χ1) is 6.16. The largest absolute Gasteiger partial charge is 0.298 e. The van der Waals surface area contributed by atoms with Crippen LogP contribution in [0.2, 0.25) is 0 Å². The summed E-state index contributed by atoms with van der Waals surface area (Å²) in [6, 6.07) is 7.87. The molecule has 0 heterocycles. The third-order valence-electron chi connectivity index (χ3n) is 1.91. The molecule has 1 rings (SSSR count). The highest BCUT2D eigenvalue weighted by Gasteiger charge is 2.10. The van der Waals surface area contributed by atoms with E-state index >= 15 is 0 Å². The lowest BCUT2D eigenvalue weighted by Crippen LogP contribution is -2.27. The molecule has 0 N–H and O–H groups in total. The summed E-state index contributed by atoms with van der Waals surface area (Å²) >= 11 is 5.67. The molecule has 0 fully saturated rings. The average Bonchev–Trinajstić information content (AvgIpc) is 2.09. The molecule has 1 aromatic rings. The van der Waals surface area contributed by atoms with Crippen LogP contribution in [0.3, 0.4) is 0 Å². The van der Waals surface area contributed by atoms with Gasteiger partial charge in [0.05, 0.1) is 0 Å². The maximum absolute atomic E-state index is 11.2. The van der Waals surface area contributed by atoms with Gasteiger partial charge in [-0.3, -0.25) is 9.69 Å². The van der Waals surface area contributed by atoms with Gasteiger partial charge in [-0.2, -0.15) is 0 Å². The van der Waals surface area contributed by atoms with Crippen molar-refractivity contribution in [2.45, 2.75) is 13.8 Å². The van der Waals surface area contributed by atoms with Gasteiger partial charge in [0.1, 0.15) is 6.00 Å². The normalized spacial score (nSPS) is 9.77. The molecule has 1 amide bonds. The fourth-order valence-electron chi connectivity index (χ4n) is 1.18. The maximum Gasteiger partial charge on any atom is 0.224 e. The number of rotatable bonds is 2. The first kappa shape index (κ1) is 10.1. The first-order valence-electron chi connectivity index (χ1n) is 4.06. The lowest BCUT2D eigenvalue weighted by molar-refractivity contribution is -0.116. The SMILES string of the molecule is CC(=O)N(CCl)c1ccccc1C. The van der Waals surface area contributed by atoms with E-state index in [4.69, 9.17) is 11.6 Å². The van der Waals surface area contributed by atoms with Crippen molar-refractivity contribution in [1.82, 2.24) is 0 Å². The Morgan fingerprint density at radius 3 is 2.54 bits per heavy atom. The molecule has 0 spiro atoms. The van der Waals surface area contributed by atoms with Crippen LogP contribution in [0.4, 0.5) is 5.69 Å². The molecule has 0 aliphatic rings. The summed E-state index contributed by atoms with van der Waals surface area (Å²) in [7, 11) is 0. The van der Waals surface area contributed by atoms with Crippen molar-refractivity contribution in [2.75, 3.05) is 10.9 Å². The molecule has 1 aromatic carbocycles. The van der Waals surface area contributed by atoms with Crippen molar-refractivity contribution in [3.05, 3.63) is 29.8 Å². The van der Waals surface area contributed by atoms with Crippen molar-refractivity contribution in [2.24, 2.45) is 0 Å². The van der Waals surface area contributed by atoms with Gasteiger partial charge in [0, 0.05) is 12.6 Å². The molecule has 0 radical (unpaired) electrons. The van der Waals surface area contributed by atoms with E-state index in [0.717, 1.165) is 11.3 Å². The Morgan fingerprint density at radius 1 is 1.46 bits per heavy atom. The standard InChI is InChI=1S/C10H12ClNO/c1-8-5-3-4-6-10(8)12(7-11)9(2)13/h3-6H,7H2,1-2H3. The predicted octanol–water partition coefficient (Wildman–Crippen LogP) is 2.54. The van der Waals surface area contributed by atoms with Gasteiger partial charge in [-0.15, -0.1) is 11.6 Å². The summed E-state index contributed by atoms with van der Waals surface area (Å²) in [5, 5.41) is 0. The summed E-state index contributed by atoms with van der Waals surface area (Å²) in [5.41, 5.74) is 1.93. The van der Waals surface area contributed by atoms with E-state index in [1.165, 1.54) is 11.8 Å². The first-order valence-corrected chi connectivity index (χ1v) is 4.60. The molecule has 0 aliphatic heterocycles. The number of benzene rings is 1. The van der Waals surface area contributed by atoms with Gasteiger partial charge in [0.2, 0.25) is 5.91 Å². The summed E-state index contributed by atoms with van der Waals surface area (Å²) < 4.78 is 0. The molecule has 0 atom stereocenters. The van der Waals surface area contributed by atoms with Crippen molar-refractivity contribution < 1.29 is 4.79 Å². The van der Waals surface area contributed by atoms with E-state index in [1.807, 2.05) is 31.2 Å². The number of alkyl halides is 1. The Balaban J connectivity index is 3.04. The number of hydrogen-bond acceptors (Lipinski definition) is 1. The van der Waals surface area contributed by atoms with Gasteiger partial charge in [-0.05, 0) is 18.6 Å². The summed E-state index contributed by atoms with van der Waals surface area (Å²) in [6.07, 6.45) is 0. The molecule has 0 bridgehead atoms. The second-order valence-corrected chi connectivity index (χ2v) is 3.09. The lowest BCUT2D eigenvalue weighted by atomic mass is 10.2. The fourth-order valence-corrected chi connectivity index (χ4v) is 1.48. The highest BCUT2D eigenvalue weighted by molar-refractivity contribution is 6.21. The number of hydrogen-bond donors (Lipinski definition) is 0. The van der Waals surface area contributed by atoms with Crippen LogP contribution in [0.15, 0.2) is 24.3 Å². The summed E-state index contributed by atoms with van der Waals surface area (Å²) in [4.78, 5) is 12.7. The molecule has 2 nitrogen and oxygen atoms in total. The number of halogens is 1. The van der Waals surface area contributed by atoms with Crippen molar-refractivity contribution >= 4 is 23.2 Å². The quantitative estimate of drug-likeness (QED) is 0.527. The predicted molar refractivity (Wildman–Crippen MR) is 55.1 cm³/mol. The topological polar surface area (TPSA) is 20.3 Å². The number of para-hydroxylation sites is 1. The minimum atomic E-state index is -0.0377. The Bertz CT molecular complexity index is 312. The van der Waals surface area contributed by atoms with Crippen molar-refractivity contribution in [1.29, 1.82) is 0 Å². The Hall–Kier alpha value is -1.02. The molecule has 0 unspecified atom stereocenters. The monoisotopic (exact) mass is 197 g/mol. The number of anilines is 1. The summed E-state index contributed by atoms with van der Waals surface area (Å²) in [5.74, 6) is -0.0377. The Morgan fingerprint density at radius 2 is 2.08 bits per heavy atom. The van der Waals surface area contributed by atoms with E-state index in [2.05, 4.69) is 0 Å². The van der Waals surface area contributed by atoms with Gasteiger partial charge < -0.3 is 0 Å². The van der Waals surface area contributed by atoms with Crippen LogP contribution in [0.5, 0.6) is 0 Å². The van der Waals surface area contributed by atoms with Crippen LogP contribution < -0.4 is 4.90 Å². The highest BCUT2D eigenvalue weighted by atomic mass is 35.5. The molecule has 0 saturated heterocycles. The van der Waals surface area contributed by atoms with Crippen LogP contribution in [0.25, 0.3) is 0 Å².